The van der Waals surface area contributed by atoms with Gasteiger partial charge in [-0.3, -0.25) is 0 Å². The van der Waals surface area contributed by atoms with Crippen molar-refractivity contribution in [2.75, 3.05) is 0 Å². The van der Waals surface area contributed by atoms with Crippen molar-refractivity contribution < 1.29 is 0 Å². The smallest absolute Gasteiger partial charge is 0.201 e. The van der Waals surface area contributed by atoms with Crippen molar-refractivity contribution in [1.82, 2.24) is 9.36 Å². The molecule has 1 heterocycles. The van der Waals surface area contributed by atoms with E-state index >= 15 is 0 Å². The molecule has 0 radical (unpaired) electrons. The Morgan fingerprint density at radius 3 is 1.87 bits per heavy atom. The molecule has 0 saturated carbocycles. The predicted molar refractivity (Wildman–Crippen MR) is 107 cm³/mol. The maximum atomic E-state index is 4.59. The van der Waals surface area contributed by atoms with Crippen LogP contribution in [0.5, 0.6) is 0 Å². The Morgan fingerprint density at radius 2 is 1.30 bits per heavy atom. The first-order valence-electron chi connectivity index (χ1n) is 6.77. The lowest BCUT2D eigenvalue weighted by Gasteiger charge is -1.99. The fourth-order valence-electron chi connectivity index (χ4n) is 1.77. The van der Waals surface area contributed by atoms with Gasteiger partial charge >= 0.3 is 0 Å². The molecular formula is C16H12Br2N2S3. The largest absolute Gasteiger partial charge is 0.203 e. The Hall–Kier alpha value is -0.340. The molecule has 0 spiro atoms. The lowest BCUT2D eigenvalue weighted by atomic mass is 10.2. The van der Waals surface area contributed by atoms with Crippen LogP contribution >= 0.6 is 66.9 Å². The number of hydrogen-bond acceptors (Lipinski definition) is 5. The number of benzene rings is 2. The molecule has 0 N–H and O–H groups in total. The van der Waals surface area contributed by atoms with E-state index in [1.807, 2.05) is 0 Å². The summed E-state index contributed by atoms with van der Waals surface area (Å²) in [6.45, 7) is 0. The minimum Gasteiger partial charge on any atom is -0.203 e. The second-order valence-corrected chi connectivity index (χ2v) is 9.42. The average Bonchev–Trinajstić information content (AvgIpc) is 3.02. The van der Waals surface area contributed by atoms with Crippen LogP contribution in [0.25, 0.3) is 0 Å². The quantitative estimate of drug-likeness (QED) is 0.363. The van der Waals surface area contributed by atoms with Gasteiger partial charge < -0.3 is 0 Å². The van der Waals surface area contributed by atoms with Crippen LogP contribution < -0.4 is 0 Å². The summed E-state index contributed by atoms with van der Waals surface area (Å²) in [5.74, 6) is 1.81. The lowest BCUT2D eigenvalue weighted by molar-refractivity contribution is 1.02. The summed E-state index contributed by atoms with van der Waals surface area (Å²) in [6.07, 6.45) is 0. The highest BCUT2D eigenvalue weighted by Crippen LogP contribution is 2.29. The van der Waals surface area contributed by atoms with Crippen molar-refractivity contribution in [1.29, 1.82) is 0 Å². The molecule has 0 fully saturated rings. The number of thioether (sulfide) groups is 2. The normalized spacial score (nSPS) is 10.9. The van der Waals surface area contributed by atoms with Gasteiger partial charge in [0.2, 0.25) is 5.16 Å². The van der Waals surface area contributed by atoms with E-state index in [1.165, 1.54) is 22.7 Å². The molecule has 0 saturated heterocycles. The molecule has 2 aromatic carbocycles. The van der Waals surface area contributed by atoms with Crippen molar-refractivity contribution >= 4 is 66.9 Å². The van der Waals surface area contributed by atoms with Crippen molar-refractivity contribution in [3.05, 3.63) is 68.6 Å². The van der Waals surface area contributed by atoms with Gasteiger partial charge in [0.15, 0.2) is 4.34 Å². The average molecular weight is 488 g/mol. The zero-order valence-corrected chi connectivity index (χ0v) is 17.5. The van der Waals surface area contributed by atoms with Crippen molar-refractivity contribution in [3.63, 3.8) is 0 Å². The van der Waals surface area contributed by atoms with E-state index in [-0.39, 0.29) is 0 Å². The molecule has 0 atom stereocenters. The Balaban J connectivity index is 1.51. The Kier molecular flexibility index (Phi) is 6.59. The van der Waals surface area contributed by atoms with E-state index < -0.39 is 0 Å². The number of nitrogens with zero attached hydrogens (tertiary/aromatic N) is 2. The van der Waals surface area contributed by atoms with E-state index in [4.69, 9.17) is 0 Å². The summed E-state index contributed by atoms with van der Waals surface area (Å²) in [7, 11) is 0. The topological polar surface area (TPSA) is 25.8 Å². The summed E-state index contributed by atoms with van der Waals surface area (Å²) in [4.78, 5) is 4.59. The molecule has 3 aromatic rings. The maximum Gasteiger partial charge on any atom is 0.201 e. The standard InChI is InChI=1S/C16H12Br2N2S3/c17-13-5-1-11(2-6-13)9-21-15-19-16(23-20-15)22-10-12-3-7-14(18)8-4-12/h1-8H,9-10H2. The number of halogens is 2. The lowest BCUT2D eigenvalue weighted by Crippen LogP contribution is -1.82. The highest BCUT2D eigenvalue weighted by molar-refractivity contribution is 9.10. The van der Waals surface area contributed by atoms with Crippen LogP contribution in [-0.4, -0.2) is 9.36 Å². The van der Waals surface area contributed by atoms with Crippen LogP contribution in [0.15, 0.2) is 67.0 Å². The van der Waals surface area contributed by atoms with Crippen molar-refractivity contribution in [2.24, 2.45) is 0 Å². The maximum absolute atomic E-state index is 4.59. The Morgan fingerprint density at radius 1 is 0.783 bits per heavy atom. The first kappa shape index (κ1) is 17.5. The van der Waals surface area contributed by atoms with Gasteiger partial charge in [0.25, 0.3) is 0 Å². The molecule has 2 nitrogen and oxygen atoms in total. The fourth-order valence-corrected chi connectivity index (χ4v) is 4.84. The SMILES string of the molecule is Brc1ccc(CSc2nsc(SCc3ccc(Br)cc3)n2)cc1. The molecule has 0 amide bonds. The summed E-state index contributed by atoms with van der Waals surface area (Å²) in [5, 5.41) is 0.858. The van der Waals surface area contributed by atoms with E-state index in [0.29, 0.717) is 0 Å². The second kappa shape index (κ2) is 8.67. The fraction of sp³-hybridized carbons (Fsp3) is 0.125. The highest BCUT2D eigenvalue weighted by atomic mass is 79.9. The van der Waals surface area contributed by atoms with Crippen molar-refractivity contribution in [3.8, 4) is 0 Å². The Labute approximate surface area is 164 Å². The third-order valence-corrected chi connectivity index (χ3v) is 6.94. The van der Waals surface area contributed by atoms with Crippen LogP contribution in [0.1, 0.15) is 11.1 Å². The third kappa shape index (κ3) is 5.60. The molecular weight excluding hydrogens is 476 g/mol. The Bertz CT molecular complexity index is 694. The second-order valence-electron chi connectivity index (χ2n) is 4.67. The van der Waals surface area contributed by atoms with Crippen molar-refractivity contribution in [2.45, 2.75) is 21.0 Å². The van der Waals surface area contributed by atoms with Gasteiger partial charge in [-0.1, -0.05) is 79.6 Å². The first-order valence-corrected chi connectivity index (χ1v) is 11.1. The van der Waals surface area contributed by atoms with Gasteiger partial charge in [-0.25, -0.2) is 4.98 Å². The molecule has 3 rings (SSSR count). The van der Waals surface area contributed by atoms with E-state index in [2.05, 4.69) is 89.7 Å². The van der Waals surface area contributed by atoms with Crippen LogP contribution in [0.2, 0.25) is 0 Å². The van der Waals surface area contributed by atoms with Gasteiger partial charge in [0, 0.05) is 20.5 Å². The van der Waals surface area contributed by atoms with Gasteiger partial charge in [0.05, 0.1) is 0 Å². The summed E-state index contributed by atoms with van der Waals surface area (Å²) in [5.41, 5.74) is 2.56. The van der Waals surface area contributed by atoms with Crippen LogP contribution in [0.4, 0.5) is 0 Å². The van der Waals surface area contributed by atoms with E-state index in [1.54, 1.807) is 23.5 Å². The number of rotatable bonds is 6. The van der Waals surface area contributed by atoms with E-state index in [0.717, 1.165) is 29.9 Å². The zero-order chi connectivity index (χ0) is 16.1. The minimum atomic E-state index is 0.858. The van der Waals surface area contributed by atoms with Crippen LogP contribution in [0.3, 0.4) is 0 Å². The molecule has 23 heavy (non-hydrogen) atoms. The summed E-state index contributed by atoms with van der Waals surface area (Å²) in [6, 6.07) is 16.7. The summed E-state index contributed by atoms with van der Waals surface area (Å²) < 4.78 is 7.66. The molecule has 0 unspecified atom stereocenters. The van der Waals surface area contributed by atoms with Gasteiger partial charge in [-0.2, -0.15) is 4.37 Å². The zero-order valence-electron chi connectivity index (χ0n) is 11.9. The van der Waals surface area contributed by atoms with Gasteiger partial charge in [-0.05, 0) is 46.9 Å². The predicted octanol–water partition coefficient (Wildman–Crippen LogP) is 6.65. The molecule has 0 aliphatic heterocycles. The molecule has 118 valence electrons. The molecule has 0 aliphatic rings. The molecule has 7 heteroatoms. The minimum absolute atomic E-state index is 0.858. The highest BCUT2D eigenvalue weighted by Gasteiger charge is 2.06. The molecule has 0 bridgehead atoms. The third-order valence-electron chi connectivity index (χ3n) is 2.95. The molecule has 0 aliphatic carbocycles. The van der Waals surface area contributed by atoms with Crippen LogP contribution in [-0.2, 0) is 11.5 Å². The van der Waals surface area contributed by atoms with E-state index in [9.17, 15) is 0 Å². The van der Waals surface area contributed by atoms with Gasteiger partial charge in [0.1, 0.15) is 0 Å². The molecule has 1 aromatic heterocycles. The number of aromatic nitrogens is 2. The first-order chi connectivity index (χ1) is 11.2. The van der Waals surface area contributed by atoms with Crippen LogP contribution in [0, 0.1) is 0 Å². The monoisotopic (exact) mass is 486 g/mol. The summed E-state index contributed by atoms with van der Waals surface area (Å²) >= 11 is 11.8. The number of hydrogen-bond donors (Lipinski definition) is 0. The van der Waals surface area contributed by atoms with Gasteiger partial charge in [-0.15, -0.1) is 0 Å².